The Kier molecular flexibility index (Phi) is 2.23. The number of alkyl halides is 4. The van der Waals surface area contributed by atoms with Crippen LogP contribution in [0.1, 0.15) is 6.42 Å². The van der Waals surface area contributed by atoms with Gasteiger partial charge in [0.25, 0.3) is 0 Å². The fourth-order valence-corrected chi connectivity index (χ4v) is 0.957. The second kappa shape index (κ2) is 2.78. The summed E-state index contributed by atoms with van der Waals surface area (Å²) < 4.78 is 35.8. The van der Waals surface area contributed by atoms with Gasteiger partial charge < -0.3 is 5.11 Å². The van der Waals surface area contributed by atoms with Crippen LogP contribution in [0.2, 0.25) is 0 Å². The minimum atomic E-state index is -4.36. The van der Waals surface area contributed by atoms with Crippen molar-refractivity contribution < 1.29 is 18.3 Å². The first-order chi connectivity index (χ1) is 5.31. The van der Waals surface area contributed by atoms with Gasteiger partial charge in [0.05, 0.1) is 5.57 Å². The van der Waals surface area contributed by atoms with Gasteiger partial charge in [0, 0.05) is 6.42 Å². The summed E-state index contributed by atoms with van der Waals surface area (Å²) in [5, 5.41) is 7.37. The fraction of sp³-hybridized carbons (Fsp3) is 0.429. The summed E-state index contributed by atoms with van der Waals surface area (Å²) in [6.07, 6.45) is -2.01. The normalized spacial score (nSPS) is 30.2. The summed E-state index contributed by atoms with van der Waals surface area (Å²) in [6.45, 7) is 0. The van der Waals surface area contributed by atoms with Gasteiger partial charge in [-0.25, -0.2) is 0 Å². The van der Waals surface area contributed by atoms with Gasteiger partial charge in [0.15, 0.2) is 5.06 Å². The van der Waals surface area contributed by atoms with Crippen LogP contribution in [-0.4, -0.2) is 16.3 Å². The van der Waals surface area contributed by atoms with Crippen molar-refractivity contribution in [3.05, 3.63) is 23.8 Å². The molecule has 1 nitrogen and oxygen atoms in total. The van der Waals surface area contributed by atoms with Crippen molar-refractivity contribution in [3.8, 4) is 0 Å². The molecule has 0 fully saturated rings. The predicted octanol–water partition coefficient (Wildman–Crippen LogP) is 2.36. The molecule has 12 heavy (non-hydrogen) atoms. The molecule has 0 saturated heterocycles. The topological polar surface area (TPSA) is 20.2 Å². The molecule has 0 unspecified atom stereocenters. The van der Waals surface area contributed by atoms with Crippen LogP contribution in [-0.2, 0) is 0 Å². The molecule has 1 N–H and O–H groups in total. The zero-order valence-electron chi connectivity index (χ0n) is 5.90. The van der Waals surface area contributed by atoms with Crippen LogP contribution in [0, 0.1) is 0 Å². The van der Waals surface area contributed by atoms with Gasteiger partial charge in [-0.2, -0.15) is 13.2 Å². The van der Waals surface area contributed by atoms with E-state index in [1.165, 1.54) is 0 Å². The molecule has 0 aromatic heterocycles. The molecule has 0 aromatic rings. The number of hydrogen-bond donors (Lipinski definition) is 1. The van der Waals surface area contributed by atoms with E-state index in [9.17, 15) is 13.2 Å². The minimum absolute atomic E-state index is 0.222. The van der Waals surface area contributed by atoms with E-state index >= 15 is 0 Å². The Hall–Kier alpha value is -0.480. The zero-order valence-corrected chi connectivity index (χ0v) is 6.65. The number of aliphatic hydroxyl groups is 1. The highest BCUT2D eigenvalue weighted by molar-refractivity contribution is 6.24. The first-order valence-corrected chi connectivity index (χ1v) is 3.57. The van der Waals surface area contributed by atoms with E-state index in [0.717, 1.165) is 18.2 Å². The van der Waals surface area contributed by atoms with Crippen molar-refractivity contribution in [1.29, 1.82) is 0 Å². The highest BCUT2D eigenvalue weighted by Gasteiger charge is 2.35. The molecular formula is C7H6ClF3O. The summed E-state index contributed by atoms with van der Waals surface area (Å²) in [5.41, 5.74) is -0.771. The Morgan fingerprint density at radius 3 is 2.42 bits per heavy atom. The predicted molar refractivity (Wildman–Crippen MR) is 38.7 cm³/mol. The SMILES string of the molecule is O[C@@]1(Cl)C=CC(C(F)(F)F)=CC1. The highest BCUT2D eigenvalue weighted by atomic mass is 35.5. The highest BCUT2D eigenvalue weighted by Crippen LogP contribution is 2.33. The molecule has 0 heterocycles. The van der Waals surface area contributed by atoms with Gasteiger partial charge in [0.2, 0.25) is 0 Å². The van der Waals surface area contributed by atoms with Crippen LogP contribution < -0.4 is 0 Å². The van der Waals surface area contributed by atoms with E-state index < -0.39 is 16.8 Å². The maximum atomic E-state index is 11.9. The Morgan fingerprint density at radius 2 is 2.08 bits per heavy atom. The molecule has 68 valence electrons. The summed E-state index contributed by atoms with van der Waals surface area (Å²) in [4.78, 5) is 0. The molecule has 0 saturated carbocycles. The monoisotopic (exact) mass is 198 g/mol. The van der Waals surface area contributed by atoms with Crippen molar-refractivity contribution in [3.63, 3.8) is 0 Å². The lowest BCUT2D eigenvalue weighted by atomic mass is 10.0. The average molecular weight is 199 g/mol. The molecule has 1 aliphatic rings. The van der Waals surface area contributed by atoms with Gasteiger partial charge in [0.1, 0.15) is 0 Å². The zero-order chi connectivity index (χ0) is 9.41. The first kappa shape index (κ1) is 9.61. The molecular weight excluding hydrogens is 193 g/mol. The van der Waals surface area contributed by atoms with Crippen molar-refractivity contribution in [2.45, 2.75) is 17.7 Å². The van der Waals surface area contributed by atoms with Crippen molar-refractivity contribution >= 4 is 11.6 Å². The second-order valence-electron chi connectivity index (χ2n) is 2.51. The number of allylic oxidation sites excluding steroid dienone is 2. The Bertz CT molecular complexity index is 240. The molecule has 0 aromatic carbocycles. The molecule has 0 amide bonds. The lowest BCUT2D eigenvalue weighted by Crippen LogP contribution is -2.21. The van der Waals surface area contributed by atoms with E-state index in [2.05, 4.69) is 0 Å². The van der Waals surface area contributed by atoms with Gasteiger partial charge in [-0.15, -0.1) is 0 Å². The molecule has 1 aliphatic carbocycles. The van der Waals surface area contributed by atoms with Crippen molar-refractivity contribution in [2.75, 3.05) is 0 Å². The van der Waals surface area contributed by atoms with Crippen molar-refractivity contribution in [2.24, 2.45) is 0 Å². The van der Waals surface area contributed by atoms with E-state index in [4.69, 9.17) is 16.7 Å². The van der Waals surface area contributed by atoms with E-state index in [1.807, 2.05) is 0 Å². The van der Waals surface area contributed by atoms with Crippen LogP contribution in [0.3, 0.4) is 0 Å². The maximum Gasteiger partial charge on any atom is 0.416 e. The third-order valence-corrected chi connectivity index (χ3v) is 1.73. The van der Waals surface area contributed by atoms with Gasteiger partial charge in [-0.1, -0.05) is 23.8 Å². The summed E-state index contributed by atoms with van der Waals surface area (Å²) in [6, 6.07) is 0. The average Bonchev–Trinajstić information content (AvgIpc) is 1.83. The van der Waals surface area contributed by atoms with Crippen LogP contribution in [0.15, 0.2) is 23.8 Å². The lowest BCUT2D eigenvalue weighted by Gasteiger charge is -2.19. The molecule has 1 atom stereocenters. The molecule has 0 radical (unpaired) electrons. The van der Waals surface area contributed by atoms with Gasteiger partial charge in [-0.3, -0.25) is 0 Å². The van der Waals surface area contributed by atoms with Gasteiger partial charge >= 0.3 is 6.18 Å². The van der Waals surface area contributed by atoms with E-state index in [-0.39, 0.29) is 6.42 Å². The second-order valence-corrected chi connectivity index (χ2v) is 3.17. The molecule has 0 aliphatic heterocycles. The Labute approximate surface area is 72.1 Å². The standard InChI is InChI=1S/C7H6ClF3O/c8-6(12)3-1-5(2-4-6)7(9,10)11/h1-3,12H,4H2/t6-/m0/s1. The van der Waals surface area contributed by atoms with Crippen LogP contribution in [0.25, 0.3) is 0 Å². The van der Waals surface area contributed by atoms with Crippen LogP contribution >= 0.6 is 11.6 Å². The molecule has 0 spiro atoms. The molecule has 5 heteroatoms. The third-order valence-electron chi connectivity index (χ3n) is 1.45. The van der Waals surface area contributed by atoms with E-state index in [1.54, 1.807) is 0 Å². The van der Waals surface area contributed by atoms with Crippen molar-refractivity contribution in [1.82, 2.24) is 0 Å². The van der Waals surface area contributed by atoms with Gasteiger partial charge in [-0.05, 0) is 6.08 Å². The first-order valence-electron chi connectivity index (χ1n) is 3.19. The van der Waals surface area contributed by atoms with Crippen LogP contribution in [0.5, 0.6) is 0 Å². The summed E-state index contributed by atoms with van der Waals surface area (Å²) in [5.74, 6) is 0. The minimum Gasteiger partial charge on any atom is -0.371 e. The fourth-order valence-electron chi connectivity index (χ4n) is 0.817. The lowest BCUT2D eigenvalue weighted by molar-refractivity contribution is -0.0889. The quantitative estimate of drug-likeness (QED) is 0.593. The number of hydrogen-bond acceptors (Lipinski definition) is 1. The Morgan fingerprint density at radius 1 is 1.50 bits per heavy atom. The molecule has 1 rings (SSSR count). The number of rotatable bonds is 0. The Balaban J connectivity index is 2.78. The summed E-state index contributed by atoms with van der Waals surface area (Å²) in [7, 11) is 0. The van der Waals surface area contributed by atoms with Crippen LogP contribution in [0.4, 0.5) is 13.2 Å². The summed E-state index contributed by atoms with van der Waals surface area (Å²) >= 11 is 5.34. The smallest absolute Gasteiger partial charge is 0.371 e. The largest absolute Gasteiger partial charge is 0.416 e. The number of halogens is 4. The maximum absolute atomic E-state index is 11.9. The van der Waals surface area contributed by atoms with E-state index in [0.29, 0.717) is 0 Å². The third kappa shape index (κ3) is 2.25. The molecule has 0 bridgehead atoms.